The summed E-state index contributed by atoms with van der Waals surface area (Å²) in [6, 6.07) is 0. The van der Waals surface area contributed by atoms with Crippen LogP contribution in [0.5, 0.6) is 0 Å². The van der Waals surface area contributed by atoms with E-state index in [1.54, 1.807) is 0 Å². The van der Waals surface area contributed by atoms with Gasteiger partial charge >= 0.3 is 6.61 Å². The highest BCUT2D eigenvalue weighted by Crippen LogP contribution is 2.32. The Morgan fingerprint density at radius 1 is 1.29 bits per heavy atom. The van der Waals surface area contributed by atoms with Crippen molar-refractivity contribution < 1.29 is 13.5 Å². The lowest BCUT2D eigenvalue weighted by molar-refractivity contribution is -0.179. The topological polar surface area (TPSA) is 21.3 Å². The van der Waals surface area contributed by atoms with Gasteiger partial charge in [0.15, 0.2) is 0 Å². The van der Waals surface area contributed by atoms with E-state index in [0.29, 0.717) is 12.3 Å². The van der Waals surface area contributed by atoms with Crippen molar-refractivity contribution in [3.8, 4) is 0 Å². The quantitative estimate of drug-likeness (QED) is 0.751. The molecule has 0 aliphatic carbocycles. The zero-order valence-electron chi connectivity index (χ0n) is 9.02. The second-order valence-corrected chi connectivity index (χ2v) is 4.93. The minimum Gasteiger partial charge on any atom is -0.304 e. The van der Waals surface area contributed by atoms with Gasteiger partial charge in [0.05, 0.1) is 0 Å². The molecule has 2 unspecified atom stereocenters. The molecule has 0 bridgehead atoms. The Balaban J connectivity index is 2.31. The van der Waals surface area contributed by atoms with Crippen molar-refractivity contribution in [1.29, 1.82) is 0 Å². The number of alkyl halides is 2. The molecule has 0 aromatic carbocycles. The number of halogens is 2. The fraction of sp³-hybridized carbons (Fsp3) is 1.00. The van der Waals surface area contributed by atoms with E-state index in [0.717, 1.165) is 13.0 Å². The number of piperidine rings is 1. The van der Waals surface area contributed by atoms with Gasteiger partial charge in [-0.05, 0) is 24.2 Å². The predicted octanol–water partition coefficient (Wildman–Crippen LogP) is 2.60. The Kier molecular flexibility index (Phi) is 3.84. The van der Waals surface area contributed by atoms with Crippen molar-refractivity contribution in [3.05, 3.63) is 0 Å². The third-order valence-electron chi connectivity index (χ3n) is 2.86. The van der Waals surface area contributed by atoms with Crippen molar-refractivity contribution in [2.45, 2.75) is 46.5 Å². The number of hydrogen-bond donors (Lipinski definition) is 1. The van der Waals surface area contributed by atoms with E-state index in [1.165, 1.54) is 0 Å². The summed E-state index contributed by atoms with van der Waals surface area (Å²) in [4.78, 5) is 0. The van der Waals surface area contributed by atoms with Crippen LogP contribution in [0.1, 0.15) is 33.6 Å². The first-order valence-corrected chi connectivity index (χ1v) is 5.06. The highest BCUT2D eigenvalue weighted by molar-refractivity contribution is 4.81. The molecule has 0 radical (unpaired) electrons. The molecule has 2 atom stereocenters. The van der Waals surface area contributed by atoms with Crippen LogP contribution in [0.25, 0.3) is 0 Å². The van der Waals surface area contributed by atoms with Gasteiger partial charge in [-0.25, -0.2) is 0 Å². The zero-order chi connectivity index (χ0) is 10.8. The third-order valence-corrected chi connectivity index (χ3v) is 2.86. The van der Waals surface area contributed by atoms with Crippen LogP contribution < -0.4 is 5.32 Å². The van der Waals surface area contributed by atoms with Crippen LogP contribution in [0.2, 0.25) is 0 Å². The van der Waals surface area contributed by atoms with E-state index in [9.17, 15) is 8.78 Å². The van der Waals surface area contributed by atoms with Crippen molar-refractivity contribution >= 4 is 0 Å². The Hall–Kier alpha value is -0.220. The maximum atomic E-state index is 11.9. The molecule has 0 amide bonds. The molecule has 1 rings (SSSR count). The fourth-order valence-electron chi connectivity index (χ4n) is 1.81. The Bertz CT molecular complexity index is 171. The van der Waals surface area contributed by atoms with E-state index in [2.05, 4.69) is 30.8 Å². The van der Waals surface area contributed by atoms with Crippen LogP contribution in [0, 0.1) is 11.3 Å². The second kappa shape index (κ2) is 4.53. The third kappa shape index (κ3) is 3.50. The average Bonchev–Trinajstić information content (AvgIpc) is 2.02. The highest BCUT2D eigenvalue weighted by Gasteiger charge is 2.30. The summed E-state index contributed by atoms with van der Waals surface area (Å²) in [5.74, 6) is 0.542. The van der Waals surface area contributed by atoms with Crippen LogP contribution >= 0.6 is 0 Å². The molecule has 14 heavy (non-hydrogen) atoms. The summed E-state index contributed by atoms with van der Waals surface area (Å²) >= 11 is 0. The Morgan fingerprint density at radius 3 is 2.29 bits per heavy atom. The lowest BCUT2D eigenvalue weighted by Crippen LogP contribution is -2.45. The molecule has 1 aliphatic rings. The monoisotopic (exact) mass is 207 g/mol. The molecule has 1 aliphatic heterocycles. The van der Waals surface area contributed by atoms with Gasteiger partial charge in [-0.1, -0.05) is 20.8 Å². The highest BCUT2D eigenvalue weighted by atomic mass is 19.3. The lowest BCUT2D eigenvalue weighted by atomic mass is 9.76. The summed E-state index contributed by atoms with van der Waals surface area (Å²) in [5, 5.41) is 3.00. The van der Waals surface area contributed by atoms with E-state index in [-0.39, 0.29) is 5.41 Å². The molecule has 0 aromatic rings. The maximum absolute atomic E-state index is 11.9. The van der Waals surface area contributed by atoms with Gasteiger partial charge in [-0.2, -0.15) is 8.78 Å². The molecule has 0 saturated carbocycles. The minimum atomic E-state index is -2.67. The standard InChI is InChI=1S/C10H19F2NO/c1-10(2,3)7-4-5-8(13-6-7)14-9(11)12/h7-9,13H,4-6H2,1-3H3. The summed E-state index contributed by atoms with van der Waals surface area (Å²) in [6.07, 6.45) is 1.16. The molecular formula is C10H19F2NO. The van der Waals surface area contributed by atoms with Gasteiger partial charge in [0.1, 0.15) is 6.23 Å². The first-order valence-electron chi connectivity index (χ1n) is 5.06. The zero-order valence-corrected chi connectivity index (χ0v) is 9.02. The van der Waals surface area contributed by atoms with Crippen LogP contribution in [0.4, 0.5) is 8.78 Å². The van der Waals surface area contributed by atoms with Crippen LogP contribution in [0.15, 0.2) is 0 Å². The molecule has 1 fully saturated rings. The summed E-state index contributed by atoms with van der Waals surface area (Å²) in [7, 11) is 0. The van der Waals surface area contributed by atoms with Gasteiger partial charge in [0, 0.05) is 6.54 Å². The van der Waals surface area contributed by atoms with Crippen molar-refractivity contribution in [2.75, 3.05) is 6.54 Å². The van der Waals surface area contributed by atoms with E-state index in [1.807, 2.05) is 0 Å². The molecule has 1 heterocycles. The summed E-state index contributed by atoms with van der Waals surface area (Å²) in [5.41, 5.74) is 0.239. The normalized spacial score (nSPS) is 29.6. The molecule has 1 N–H and O–H groups in total. The van der Waals surface area contributed by atoms with Gasteiger partial charge in [-0.15, -0.1) is 0 Å². The van der Waals surface area contributed by atoms with Crippen molar-refractivity contribution in [2.24, 2.45) is 11.3 Å². The molecular weight excluding hydrogens is 188 g/mol. The largest absolute Gasteiger partial charge is 0.346 e. The van der Waals surface area contributed by atoms with Gasteiger partial charge in [0.2, 0.25) is 0 Å². The van der Waals surface area contributed by atoms with Crippen LogP contribution in [-0.4, -0.2) is 19.4 Å². The Labute approximate surface area is 84.0 Å². The molecule has 0 aromatic heterocycles. The number of nitrogens with one attached hydrogen (secondary N) is 1. The number of ether oxygens (including phenoxy) is 1. The smallest absolute Gasteiger partial charge is 0.304 e. The predicted molar refractivity (Wildman–Crippen MR) is 51.1 cm³/mol. The fourth-order valence-corrected chi connectivity index (χ4v) is 1.81. The molecule has 0 spiro atoms. The summed E-state index contributed by atoms with van der Waals surface area (Å²) in [6.45, 7) is 4.62. The molecule has 2 nitrogen and oxygen atoms in total. The van der Waals surface area contributed by atoms with Crippen molar-refractivity contribution in [3.63, 3.8) is 0 Å². The van der Waals surface area contributed by atoms with Crippen LogP contribution in [-0.2, 0) is 4.74 Å². The SMILES string of the molecule is CC(C)(C)C1CCC(OC(F)F)NC1. The summed E-state index contributed by atoms with van der Waals surface area (Å²) < 4.78 is 28.2. The van der Waals surface area contributed by atoms with Gasteiger partial charge in [-0.3, -0.25) is 5.32 Å². The van der Waals surface area contributed by atoms with E-state index >= 15 is 0 Å². The molecule has 4 heteroatoms. The number of rotatable bonds is 2. The number of hydrogen-bond acceptors (Lipinski definition) is 2. The molecule has 84 valence electrons. The Morgan fingerprint density at radius 2 is 1.93 bits per heavy atom. The van der Waals surface area contributed by atoms with Crippen LogP contribution in [0.3, 0.4) is 0 Å². The minimum absolute atomic E-state index is 0.239. The van der Waals surface area contributed by atoms with Gasteiger partial charge < -0.3 is 4.74 Å². The van der Waals surface area contributed by atoms with E-state index in [4.69, 9.17) is 0 Å². The first kappa shape index (κ1) is 11.9. The maximum Gasteiger partial charge on any atom is 0.346 e. The lowest BCUT2D eigenvalue weighted by Gasteiger charge is -2.37. The van der Waals surface area contributed by atoms with Crippen molar-refractivity contribution in [1.82, 2.24) is 5.32 Å². The van der Waals surface area contributed by atoms with Gasteiger partial charge in [0.25, 0.3) is 0 Å². The molecule has 1 saturated heterocycles. The van der Waals surface area contributed by atoms with E-state index < -0.39 is 12.8 Å². The first-order chi connectivity index (χ1) is 6.39. The average molecular weight is 207 g/mol. The second-order valence-electron chi connectivity index (χ2n) is 4.93.